The zero-order valence-electron chi connectivity index (χ0n) is 12.3. The molecule has 0 aromatic carbocycles. The quantitative estimate of drug-likeness (QED) is 0.825. The summed E-state index contributed by atoms with van der Waals surface area (Å²) in [6, 6.07) is 6.12. The maximum atomic E-state index is 6.16. The lowest BCUT2D eigenvalue weighted by molar-refractivity contribution is 0.0107. The second-order valence-electron chi connectivity index (χ2n) is 6.13. The van der Waals surface area contributed by atoms with Gasteiger partial charge in [0, 0.05) is 39.5 Å². The molecule has 0 amide bonds. The highest BCUT2D eigenvalue weighted by Crippen LogP contribution is 2.39. The average molecular weight is 276 g/mol. The molecule has 0 aliphatic carbocycles. The summed E-state index contributed by atoms with van der Waals surface area (Å²) in [5.41, 5.74) is 1.26. The van der Waals surface area contributed by atoms with Crippen molar-refractivity contribution >= 4 is 0 Å². The van der Waals surface area contributed by atoms with E-state index in [1.807, 2.05) is 12.3 Å². The highest BCUT2D eigenvalue weighted by atomic mass is 16.5. The maximum Gasteiger partial charge on any atom is 0.0824 e. The number of ether oxygens (including phenoxy) is 2. The molecule has 2 saturated heterocycles. The van der Waals surface area contributed by atoms with Crippen molar-refractivity contribution in [1.82, 2.24) is 9.88 Å². The zero-order valence-corrected chi connectivity index (χ0v) is 12.3. The fourth-order valence-electron chi connectivity index (χ4n) is 3.48. The molecular weight excluding hydrogens is 252 g/mol. The Hall–Kier alpha value is -0.970. The first-order chi connectivity index (χ1) is 9.80. The van der Waals surface area contributed by atoms with Crippen LogP contribution in [-0.4, -0.2) is 48.9 Å². The van der Waals surface area contributed by atoms with Crippen LogP contribution < -0.4 is 0 Å². The molecule has 4 heteroatoms. The molecule has 3 rings (SSSR count). The molecule has 2 atom stereocenters. The molecule has 0 saturated carbocycles. The molecule has 1 spiro atoms. The van der Waals surface area contributed by atoms with Crippen LogP contribution >= 0.6 is 0 Å². The molecule has 2 aliphatic rings. The minimum atomic E-state index is 0.104. The van der Waals surface area contributed by atoms with E-state index in [0.29, 0.717) is 5.92 Å². The van der Waals surface area contributed by atoms with Gasteiger partial charge in [-0.05, 0) is 37.3 Å². The van der Waals surface area contributed by atoms with E-state index in [2.05, 4.69) is 22.0 Å². The minimum absolute atomic E-state index is 0.104. The molecule has 2 aliphatic heterocycles. The van der Waals surface area contributed by atoms with Gasteiger partial charge in [0.15, 0.2) is 0 Å². The van der Waals surface area contributed by atoms with E-state index in [4.69, 9.17) is 9.47 Å². The third-order valence-electron chi connectivity index (χ3n) is 4.52. The van der Waals surface area contributed by atoms with Gasteiger partial charge in [-0.3, -0.25) is 9.88 Å². The van der Waals surface area contributed by atoms with E-state index < -0.39 is 0 Å². The summed E-state index contributed by atoms with van der Waals surface area (Å²) in [6.45, 7) is 4.86. The molecule has 0 N–H and O–H groups in total. The Bertz CT molecular complexity index is 426. The first-order valence-electron chi connectivity index (χ1n) is 7.55. The van der Waals surface area contributed by atoms with Crippen molar-refractivity contribution in [3.8, 4) is 0 Å². The smallest absolute Gasteiger partial charge is 0.0824 e. The van der Waals surface area contributed by atoms with Gasteiger partial charge in [-0.1, -0.05) is 6.07 Å². The van der Waals surface area contributed by atoms with E-state index in [0.717, 1.165) is 51.4 Å². The van der Waals surface area contributed by atoms with Crippen LogP contribution in [0.25, 0.3) is 0 Å². The van der Waals surface area contributed by atoms with Crippen LogP contribution in [0.3, 0.4) is 0 Å². The number of pyridine rings is 1. The summed E-state index contributed by atoms with van der Waals surface area (Å²) in [7, 11) is 1.77. The number of methoxy groups -OCH3 is 1. The SMILES string of the molecule is COCCC1COC2(CCN(Cc3ccccn3)C2)C1. The first-order valence-corrected chi connectivity index (χ1v) is 7.55. The second-order valence-corrected chi connectivity index (χ2v) is 6.13. The summed E-state index contributed by atoms with van der Waals surface area (Å²) >= 11 is 0. The topological polar surface area (TPSA) is 34.6 Å². The predicted molar refractivity (Wildman–Crippen MR) is 77.4 cm³/mol. The molecule has 4 nitrogen and oxygen atoms in total. The van der Waals surface area contributed by atoms with E-state index in [1.54, 1.807) is 7.11 Å². The number of likely N-dealkylation sites (tertiary alicyclic amines) is 1. The van der Waals surface area contributed by atoms with Crippen LogP contribution in [-0.2, 0) is 16.0 Å². The minimum Gasteiger partial charge on any atom is -0.385 e. The van der Waals surface area contributed by atoms with Crippen LogP contribution in [0.1, 0.15) is 25.0 Å². The van der Waals surface area contributed by atoms with Crippen molar-refractivity contribution in [2.24, 2.45) is 5.92 Å². The third-order valence-corrected chi connectivity index (χ3v) is 4.52. The molecule has 0 radical (unpaired) electrons. The van der Waals surface area contributed by atoms with Gasteiger partial charge in [-0.25, -0.2) is 0 Å². The first kappa shape index (κ1) is 14.0. The molecule has 2 unspecified atom stereocenters. The van der Waals surface area contributed by atoms with Crippen LogP contribution in [0.5, 0.6) is 0 Å². The lowest BCUT2D eigenvalue weighted by Crippen LogP contribution is -2.32. The molecule has 20 heavy (non-hydrogen) atoms. The normalized spacial score (nSPS) is 30.4. The van der Waals surface area contributed by atoms with Gasteiger partial charge < -0.3 is 9.47 Å². The number of aromatic nitrogens is 1. The molecule has 1 aromatic heterocycles. The molecule has 2 fully saturated rings. The van der Waals surface area contributed by atoms with Gasteiger partial charge >= 0.3 is 0 Å². The molecule has 3 heterocycles. The molecule has 110 valence electrons. The van der Waals surface area contributed by atoms with Crippen molar-refractivity contribution in [3.05, 3.63) is 30.1 Å². The Morgan fingerprint density at radius 2 is 2.45 bits per heavy atom. The zero-order chi connectivity index (χ0) is 13.8. The molecule has 1 aromatic rings. The summed E-state index contributed by atoms with van der Waals surface area (Å²) in [5.74, 6) is 0.671. The van der Waals surface area contributed by atoms with Gasteiger partial charge in [-0.15, -0.1) is 0 Å². The van der Waals surface area contributed by atoms with E-state index >= 15 is 0 Å². The van der Waals surface area contributed by atoms with Gasteiger partial charge in [-0.2, -0.15) is 0 Å². The van der Waals surface area contributed by atoms with Crippen LogP contribution in [0, 0.1) is 5.92 Å². The van der Waals surface area contributed by atoms with Crippen molar-refractivity contribution in [3.63, 3.8) is 0 Å². The van der Waals surface area contributed by atoms with E-state index in [1.165, 1.54) is 6.42 Å². The Balaban J connectivity index is 1.52. The standard InChI is InChI=1S/C16H24N2O2/c1-19-9-5-14-10-16(20-12-14)6-8-18(13-16)11-15-4-2-3-7-17-15/h2-4,7,14H,5-6,8-13H2,1H3. The van der Waals surface area contributed by atoms with Gasteiger partial charge in [0.1, 0.15) is 0 Å². The number of hydrogen-bond acceptors (Lipinski definition) is 4. The summed E-state index contributed by atoms with van der Waals surface area (Å²) < 4.78 is 11.3. The lowest BCUT2D eigenvalue weighted by atomic mass is 9.92. The van der Waals surface area contributed by atoms with Crippen molar-refractivity contribution < 1.29 is 9.47 Å². The Labute approximate surface area is 121 Å². The third kappa shape index (κ3) is 3.19. The monoisotopic (exact) mass is 276 g/mol. The number of rotatable bonds is 5. The Kier molecular flexibility index (Phi) is 4.34. The number of nitrogens with zero attached hydrogens (tertiary/aromatic N) is 2. The lowest BCUT2D eigenvalue weighted by Gasteiger charge is -2.23. The largest absolute Gasteiger partial charge is 0.385 e. The van der Waals surface area contributed by atoms with Crippen molar-refractivity contribution in [2.75, 3.05) is 33.4 Å². The van der Waals surface area contributed by atoms with Crippen LogP contribution in [0.2, 0.25) is 0 Å². The highest BCUT2D eigenvalue weighted by molar-refractivity contribution is 5.05. The molecule has 0 bridgehead atoms. The van der Waals surface area contributed by atoms with Crippen LogP contribution in [0.15, 0.2) is 24.4 Å². The Morgan fingerprint density at radius 1 is 1.50 bits per heavy atom. The summed E-state index contributed by atoms with van der Waals surface area (Å²) in [5, 5.41) is 0. The van der Waals surface area contributed by atoms with Gasteiger partial charge in [0.2, 0.25) is 0 Å². The summed E-state index contributed by atoms with van der Waals surface area (Å²) in [4.78, 5) is 6.89. The second kappa shape index (κ2) is 6.20. The fraction of sp³-hybridized carbons (Fsp3) is 0.688. The maximum absolute atomic E-state index is 6.16. The summed E-state index contributed by atoms with van der Waals surface area (Å²) in [6.07, 6.45) is 5.34. The Morgan fingerprint density at radius 3 is 3.25 bits per heavy atom. The van der Waals surface area contributed by atoms with Gasteiger partial charge in [0.05, 0.1) is 17.9 Å². The van der Waals surface area contributed by atoms with Crippen molar-refractivity contribution in [1.29, 1.82) is 0 Å². The van der Waals surface area contributed by atoms with Crippen molar-refractivity contribution in [2.45, 2.75) is 31.4 Å². The average Bonchev–Trinajstić information content (AvgIpc) is 3.05. The van der Waals surface area contributed by atoms with E-state index in [9.17, 15) is 0 Å². The number of hydrogen-bond donors (Lipinski definition) is 0. The fourth-order valence-corrected chi connectivity index (χ4v) is 3.48. The molecular formula is C16H24N2O2. The highest BCUT2D eigenvalue weighted by Gasteiger charge is 2.45. The predicted octanol–water partition coefficient (Wildman–Crippen LogP) is 2.10. The van der Waals surface area contributed by atoms with E-state index in [-0.39, 0.29) is 5.60 Å². The van der Waals surface area contributed by atoms with Crippen LogP contribution in [0.4, 0.5) is 0 Å². The van der Waals surface area contributed by atoms with Gasteiger partial charge in [0.25, 0.3) is 0 Å².